The van der Waals surface area contributed by atoms with E-state index in [-0.39, 0.29) is 24.5 Å². The average Bonchev–Trinajstić information content (AvgIpc) is 2.76. The summed E-state index contributed by atoms with van der Waals surface area (Å²) in [5, 5.41) is 23.3. The predicted octanol–water partition coefficient (Wildman–Crippen LogP) is 1.36. The van der Waals surface area contributed by atoms with Crippen molar-refractivity contribution in [2.75, 3.05) is 45.4 Å². The number of aliphatic hydroxyl groups is 1. The molecule has 0 aliphatic heterocycles. The Hall–Kier alpha value is -3.02. The van der Waals surface area contributed by atoms with Crippen molar-refractivity contribution in [3.05, 3.63) is 47.5 Å². The van der Waals surface area contributed by atoms with Gasteiger partial charge in [-0.2, -0.15) is 0 Å². The van der Waals surface area contributed by atoms with Crippen LogP contribution in [-0.4, -0.2) is 65.3 Å². The van der Waals surface area contributed by atoms with Crippen molar-refractivity contribution < 1.29 is 37.6 Å². The molecule has 2 aromatic rings. The summed E-state index contributed by atoms with van der Waals surface area (Å²) in [5.41, 5.74) is 0.977. The summed E-state index contributed by atoms with van der Waals surface area (Å²) in [5.74, 6) is -0.417. The first kappa shape index (κ1) is 25.2. The molecule has 32 heavy (non-hydrogen) atoms. The molecule has 10 nitrogen and oxygen atoms in total. The van der Waals surface area contributed by atoms with Gasteiger partial charge in [-0.3, -0.25) is 9.52 Å². The predicted molar refractivity (Wildman–Crippen MR) is 119 cm³/mol. The number of phenolic OH excluding ortho intramolecular Hbond substituents is 1. The highest BCUT2D eigenvalue weighted by atomic mass is 32.2. The van der Waals surface area contributed by atoms with Crippen molar-refractivity contribution in [2.24, 2.45) is 0 Å². The molecule has 2 unspecified atom stereocenters. The molecule has 2 aromatic carbocycles. The maximum absolute atomic E-state index is 12.3. The third-order valence-corrected chi connectivity index (χ3v) is 5.27. The monoisotopic (exact) mass is 468 g/mol. The first-order valence-electron chi connectivity index (χ1n) is 9.58. The van der Waals surface area contributed by atoms with E-state index in [4.69, 9.17) is 14.2 Å². The second-order valence-corrected chi connectivity index (χ2v) is 8.76. The Kier molecular flexibility index (Phi) is 8.70. The van der Waals surface area contributed by atoms with Gasteiger partial charge in [0.25, 0.3) is 0 Å². The van der Waals surface area contributed by atoms with Crippen molar-refractivity contribution >= 4 is 21.7 Å². The summed E-state index contributed by atoms with van der Waals surface area (Å²) in [6.45, 7) is 0.218. The fourth-order valence-electron chi connectivity index (χ4n) is 3.07. The van der Waals surface area contributed by atoms with Crippen LogP contribution in [-0.2, 0) is 19.6 Å². The topological polar surface area (TPSA) is 143 Å². The van der Waals surface area contributed by atoms with E-state index >= 15 is 0 Å². The third kappa shape index (κ3) is 6.74. The second-order valence-electron chi connectivity index (χ2n) is 7.02. The van der Waals surface area contributed by atoms with E-state index in [1.165, 1.54) is 39.5 Å². The molecule has 11 heteroatoms. The van der Waals surface area contributed by atoms with E-state index in [0.29, 0.717) is 22.6 Å². The smallest absolute Gasteiger partial charge is 0.314 e. The van der Waals surface area contributed by atoms with Crippen molar-refractivity contribution in [3.8, 4) is 17.2 Å². The quantitative estimate of drug-likeness (QED) is 0.284. The summed E-state index contributed by atoms with van der Waals surface area (Å²) in [6, 6.07) is 9.20. The van der Waals surface area contributed by atoms with E-state index in [1.54, 1.807) is 18.2 Å². The zero-order chi connectivity index (χ0) is 23.9. The van der Waals surface area contributed by atoms with Gasteiger partial charge in [-0.25, -0.2) is 8.42 Å². The first-order valence-corrected chi connectivity index (χ1v) is 11.5. The number of phenols is 1. The maximum atomic E-state index is 12.3. The van der Waals surface area contributed by atoms with E-state index in [1.807, 2.05) is 0 Å². The fraction of sp³-hybridized carbons (Fsp3) is 0.381. The molecule has 0 aromatic heterocycles. The van der Waals surface area contributed by atoms with Gasteiger partial charge in [0, 0.05) is 13.1 Å². The molecule has 0 saturated carbocycles. The van der Waals surface area contributed by atoms with Crippen molar-refractivity contribution in [1.82, 2.24) is 5.32 Å². The highest BCUT2D eigenvalue weighted by Gasteiger charge is 2.23. The lowest BCUT2D eigenvalue weighted by Gasteiger charge is -2.19. The number of benzene rings is 2. The highest BCUT2D eigenvalue weighted by molar-refractivity contribution is 7.92. The van der Waals surface area contributed by atoms with Gasteiger partial charge in [0.1, 0.15) is 5.75 Å². The minimum absolute atomic E-state index is 0.0400. The molecule has 0 spiro atoms. The van der Waals surface area contributed by atoms with Gasteiger partial charge in [0.05, 0.1) is 45.3 Å². The number of aromatic hydroxyl groups is 1. The first-order chi connectivity index (χ1) is 15.1. The van der Waals surface area contributed by atoms with E-state index in [9.17, 15) is 23.4 Å². The minimum atomic E-state index is -3.60. The van der Waals surface area contributed by atoms with Crippen LogP contribution in [0, 0.1) is 0 Å². The lowest BCUT2D eigenvalue weighted by molar-refractivity contribution is -0.142. The Morgan fingerprint density at radius 2 is 1.66 bits per heavy atom. The van der Waals surface area contributed by atoms with Crippen molar-refractivity contribution in [1.29, 1.82) is 0 Å². The van der Waals surface area contributed by atoms with E-state index < -0.39 is 28.0 Å². The van der Waals surface area contributed by atoms with Crippen LogP contribution in [0.25, 0.3) is 0 Å². The van der Waals surface area contributed by atoms with Crippen LogP contribution in [0.4, 0.5) is 5.69 Å². The number of aliphatic hydroxyl groups excluding tert-OH is 1. The lowest BCUT2D eigenvalue weighted by atomic mass is 9.98. The SMILES string of the molecule is COC(=O)C(CNCC(O)c1ccc(O)c(NS(C)(=O)=O)c1)c1ccc(OC)c(OC)c1. The number of carbonyl (C=O) groups is 1. The van der Waals surface area contributed by atoms with E-state index in [0.717, 1.165) is 6.26 Å². The number of anilines is 1. The Morgan fingerprint density at radius 3 is 2.25 bits per heavy atom. The Morgan fingerprint density at radius 1 is 1.00 bits per heavy atom. The highest BCUT2D eigenvalue weighted by Crippen LogP contribution is 2.31. The normalized spacial score (nSPS) is 13.2. The second kappa shape index (κ2) is 11.0. The molecule has 0 aliphatic rings. The summed E-state index contributed by atoms with van der Waals surface area (Å²) in [6.07, 6.45) is -0.0718. The third-order valence-electron chi connectivity index (χ3n) is 4.68. The molecular weight excluding hydrogens is 440 g/mol. The van der Waals surface area contributed by atoms with Crippen LogP contribution >= 0.6 is 0 Å². The molecule has 0 aliphatic carbocycles. The maximum Gasteiger partial charge on any atom is 0.314 e. The van der Waals surface area contributed by atoms with Crippen molar-refractivity contribution in [3.63, 3.8) is 0 Å². The Bertz CT molecular complexity index is 1040. The van der Waals surface area contributed by atoms with E-state index in [2.05, 4.69) is 10.0 Å². The van der Waals surface area contributed by atoms with Crippen LogP contribution < -0.4 is 19.5 Å². The summed E-state index contributed by atoms with van der Waals surface area (Å²) in [7, 11) is 0.694. The standard InChI is InChI=1S/C21H28N2O8S/c1-29-19-8-6-13(10-20(19)30-2)15(21(26)31-3)11-22-12-18(25)14-5-7-17(24)16(9-14)23-32(4,27)28/h5-10,15,18,22-25H,11-12H2,1-4H3. The molecule has 0 fully saturated rings. The molecule has 2 rings (SSSR count). The van der Waals surface area contributed by atoms with Gasteiger partial charge in [0.2, 0.25) is 10.0 Å². The summed E-state index contributed by atoms with van der Waals surface area (Å²) >= 11 is 0. The molecule has 0 saturated heterocycles. The van der Waals surface area contributed by atoms with Crippen LogP contribution in [0.3, 0.4) is 0 Å². The van der Waals surface area contributed by atoms with Crippen molar-refractivity contribution in [2.45, 2.75) is 12.0 Å². The summed E-state index contributed by atoms with van der Waals surface area (Å²) in [4.78, 5) is 12.3. The number of hydrogen-bond acceptors (Lipinski definition) is 9. The fourth-order valence-corrected chi connectivity index (χ4v) is 3.64. The number of hydrogen-bond donors (Lipinski definition) is 4. The lowest BCUT2D eigenvalue weighted by Crippen LogP contribution is -2.30. The minimum Gasteiger partial charge on any atom is -0.506 e. The number of rotatable bonds is 11. The number of nitrogens with one attached hydrogen (secondary N) is 2. The number of methoxy groups -OCH3 is 3. The number of esters is 1. The van der Waals surface area contributed by atoms with Gasteiger partial charge in [-0.1, -0.05) is 12.1 Å². The molecule has 0 amide bonds. The Labute approximate surface area is 187 Å². The molecule has 176 valence electrons. The molecular formula is C21H28N2O8S. The zero-order valence-corrected chi connectivity index (χ0v) is 19.1. The van der Waals surface area contributed by atoms with Gasteiger partial charge in [-0.05, 0) is 35.4 Å². The zero-order valence-electron chi connectivity index (χ0n) is 18.3. The van der Waals surface area contributed by atoms with Crippen LogP contribution in [0.15, 0.2) is 36.4 Å². The van der Waals surface area contributed by atoms with Gasteiger partial charge in [0.15, 0.2) is 11.5 Å². The largest absolute Gasteiger partial charge is 0.506 e. The van der Waals surface area contributed by atoms with Gasteiger partial charge < -0.3 is 29.7 Å². The number of ether oxygens (including phenoxy) is 3. The van der Waals surface area contributed by atoms with Crippen LogP contribution in [0.5, 0.6) is 17.2 Å². The molecule has 2 atom stereocenters. The summed E-state index contributed by atoms with van der Waals surface area (Å²) < 4.78 is 40.5. The average molecular weight is 469 g/mol. The van der Waals surface area contributed by atoms with Crippen LogP contribution in [0.1, 0.15) is 23.1 Å². The van der Waals surface area contributed by atoms with Gasteiger partial charge >= 0.3 is 5.97 Å². The van der Waals surface area contributed by atoms with Crippen LogP contribution in [0.2, 0.25) is 0 Å². The molecule has 4 N–H and O–H groups in total. The molecule has 0 radical (unpaired) electrons. The Balaban J connectivity index is 2.12. The molecule has 0 bridgehead atoms. The molecule has 0 heterocycles. The number of carbonyl (C=O) groups excluding carboxylic acids is 1. The number of sulfonamides is 1. The van der Waals surface area contributed by atoms with Gasteiger partial charge in [-0.15, -0.1) is 0 Å².